The molecule has 0 aliphatic rings. The average Bonchev–Trinajstić information content (AvgIpc) is 2.45. The van der Waals surface area contributed by atoms with Crippen LogP contribution in [0.1, 0.15) is 60.8 Å². The Kier molecular flexibility index (Phi) is 19.6. The molecule has 0 saturated carbocycles. The lowest BCUT2D eigenvalue weighted by molar-refractivity contribution is -0.121. The van der Waals surface area contributed by atoms with Crippen molar-refractivity contribution >= 4 is 27.5 Å². The van der Waals surface area contributed by atoms with Crippen LogP contribution >= 0.6 is 21.6 Å². The largest absolute Gasteiger partial charge is 0.370 e. The fourth-order valence-electron chi connectivity index (χ4n) is 1.56. The van der Waals surface area contributed by atoms with Crippen LogP contribution in [0.25, 0.3) is 0 Å². The molecule has 0 rings (SSSR count). The van der Waals surface area contributed by atoms with Crippen LogP contribution in [0.2, 0.25) is 0 Å². The van der Waals surface area contributed by atoms with E-state index in [0.717, 1.165) is 12.3 Å². The third-order valence-electron chi connectivity index (χ3n) is 2.68. The number of amides is 1. The fraction of sp³-hybridized carbons (Fsp3) is 0.833. The van der Waals surface area contributed by atoms with Gasteiger partial charge in [0.05, 0.1) is 6.54 Å². The molecule has 1 amide bonds. The summed E-state index contributed by atoms with van der Waals surface area (Å²) in [6, 6.07) is 0. The monoisotopic (exact) mass is 361 g/mol. The van der Waals surface area contributed by atoms with E-state index >= 15 is 0 Å². The van der Waals surface area contributed by atoms with Crippen molar-refractivity contribution in [3.8, 4) is 11.8 Å². The SMILES string of the molecule is C.CC(C)C#CCNC(=O)CCCOCSSCCCC(C)C. The van der Waals surface area contributed by atoms with Gasteiger partial charge in [-0.1, -0.05) is 75.0 Å². The van der Waals surface area contributed by atoms with Crippen LogP contribution in [0, 0.1) is 23.7 Å². The molecule has 0 spiro atoms. The van der Waals surface area contributed by atoms with Gasteiger partial charge < -0.3 is 10.1 Å². The molecule has 23 heavy (non-hydrogen) atoms. The summed E-state index contributed by atoms with van der Waals surface area (Å²) in [5.41, 5.74) is 0. The lowest BCUT2D eigenvalue weighted by Gasteiger charge is -2.05. The molecular formula is C18H35NO2S2. The Morgan fingerprint density at radius 1 is 1.17 bits per heavy atom. The molecule has 0 heterocycles. The van der Waals surface area contributed by atoms with Crippen molar-refractivity contribution in [2.75, 3.05) is 24.8 Å². The second kappa shape index (κ2) is 18.0. The molecule has 0 bridgehead atoms. The molecule has 0 radical (unpaired) electrons. The molecule has 5 heteroatoms. The van der Waals surface area contributed by atoms with Crippen molar-refractivity contribution in [1.82, 2.24) is 5.32 Å². The third kappa shape index (κ3) is 21.7. The van der Waals surface area contributed by atoms with Crippen LogP contribution < -0.4 is 5.32 Å². The first-order valence-corrected chi connectivity index (χ1v) is 10.6. The van der Waals surface area contributed by atoms with Gasteiger partial charge in [0, 0.05) is 24.7 Å². The van der Waals surface area contributed by atoms with Gasteiger partial charge in [0.15, 0.2) is 0 Å². The Hall–Kier alpha value is -0.310. The highest BCUT2D eigenvalue weighted by molar-refractivity contribution is 8.76. The number of ether oxygens (including phenoxy) is 1. The van der Waals surface area contributed by atoms with Gasteiger partial charge in [-0.25, -0.2) is 0 Å². The number of rotatable bonds is 12. The van der Waals surface area contributed by atoms with Crippen molar-refractivity contribution < 1.29 is 9.53 Å². The average molecular weight is 362 g/mol. The van der Waals surface area contributed by atoms with Gasteiger partial charge >= 0.3 is 0 Å². The van der Waals surface area contributed by atoms with Gasteiger partial charge in [-0.05, 0) is 18.8 Å². The van der Waals surface area contributed by atoms with Crippen LogP contribution in [-0.4, -0.2) is 30.8 Å². The third-order valence-corrected chi connectivity index (χ3v) is 4.85. The van der Waals surface area contributed by atoms with Crippen molar-refractivity contribution in [3.05, 3.63) is 0 Å². The van der Waals surface area contributed by atoms with Crippen LogP contribution in [-0.2, 0) is 9.53 Å². The zero-order valence-corrected chi connectivity index (χ0v) is 16.1. The Bertz CT molecular complexity index is 336. The normalized spacial score (nSPS) is 10.2. The second-order valence-corrected chi connectivity index (χ2v) is 8.39. The molecular weight excluding hydrogens is 326 g/mol. The molecule has 3 nitrogen and oxygen atoms in total. The summed E-state index contributed by atoms with van der Waals surface area (Å²) < 4.78 is 5.50. The van der Waals surface area contributed by atoms with E-state index in [2.05, 4.69) is 31.0 Å². The summed E-state index contributed by atoms with van der Waals surface area (Å²) in [7, 11) is 3.63. The van der Waals surface area contributed by atoms with E-state index in [1.807, 2.05) is 24.6 Å². The first-order valence-electron chi connectivity index (χ1n) is 8.09. The minimum atomic E-state index is 0. The number of hydrogen-bond donors (Lipinski definition) is 1. The van der Waals surface area contributed by atoms with Gasteiger partial charge in [0.2, 0.25) is 5.91 Å². The lowest BCUT2D eigenvalue weighted by atomic mass is 10.1. The van der Waals surface area contributed by atoms with E-state index in [9.17, 15) is 4.79 Å². The number of carbonyl (C=O) groups excluding carboxylic acids is 1. The number of hydrogen-bond acceptors (Lipinski definition) is 4. The predicted molar refractivity (Wildman–Crippen MR) is 107 cm³/mol. The minimum Gasteiger partial charge on any atom is -0.370 e. The van der Waals surface area contributed by atoms with Crippen molar-refractivity contribution in [2.24, 2.45) is 11.8 Å². The molecule has 0 saturated heterocycles. The minimum absolute atomic E-state index is 0. The summed E-state index contributed by atoms with van der Waals surface area (Å²) in [6.45, 7) is 9.67. The highest BCUT2D eigenvalue weighted by atomic mass is 33.1. The summed E-state index contributed by atoms with van der Waals surface area (Å²) in [5, 5.41) is 2.79. The van der Waals surface area contributed by atoms with E-state index in [-0.39, 0.29) is 13.3 Å². The molecule has 1 N–H and O–H groups in total. The standard InChI is InChI=1S/C17H31NO2S2.CH4/c1-15(2)8-5-11-18-17(19)10-6-12-20-14-22-21-13-7-9-16(3)4;/h15-16H,6-7,9-14H2,1-4H3,(H,18,19);1H4. The van der Waals surface area contributed by atoms with Crippen LogP contribution in [0.3, 0.4) is 0 Å². The predicted octanol–water partition coefficient (Wildman–Crippen LogP) is 4.97. The highest BCUT2D eigenvalue weighted by Gasteiger charge is 2.00. The van der Waals surface area contributed by atoms with E-state index in [4.69, 9.17) is 4.74 Å². The quantitative estimate of drug-likeness (QED) is 0.230. The van der Waals surface area contributed by atoms with Crippen LogP contribution in [0.15, 0.2) is 0 Å². The molecule has 0 atom stereocenters. The Morgan fingerprint density at radius 2 is 1.91 bits per heavy atom. The summed E-state index contributed by atoms with van der Waals surface area (Å²) >= 11 is 0. The van der Waals surface area contributed by atoms with E-state index < -0.39 is 0 Å². The Balaban J connectivity index is 0. The van der Waals surface area contributed by atoms with E-state index in [0.29, 0.717) is 31.4 Å². The number of carbonyl (C=O) groups is 1. The van der Waals surface area contributed by atoms with Crippen molar-refractivity contribution in [1.29, 1.82) is 0 Å². The van der Waals surface area contributed by atoms with Crippen molar-refractivity contribution in [2.45, 2.75) is 60.8 Å². The Labute approximate surface area is 151 Å². The Morgan fingerprint density at radius 3 is 2.57 bits per heavy atom. The zero-order chi connectivity index (χ0) is 16.6. The van der Waals surface area contributed by atoms with Gasteiger partial charge in [-0.15, -0.1) is 0 Å². The van der Waals surface area contributed by atoms with Gasteiger partial charge in [-0.3, -0.25) is 4.79 Å². The summed E-state index contributed by atoms with van der Waals surface area (Å²) in [4.78, 5) is 11.5. The molecule has 0 aromatic rings. The summed E-state index contributed by atoms with van der Waals surface area (Å²) in [5.74, 6) is 9.05. The maximum absolute atomic E-state index is 11.5. The molecule has 0 aromatic carbocycles. The van der Waals surface area contributed by atoms with Gasteiger partial charge in [0.1, 0.15) is 5.94 Å². The van der Waals surface area contributed by atoms with Crippen LogP contribution in [0.5, 0.6) is 0 Å². The molecule has 136 valence electrons. The van der Waals surface area contributed by atoms with Gasteiger partial charge in [-0.2, -0.15) is 0 Å². The number of nitrogens with one attached hydrogen (secondary N) is 1. The molecule has 0 aliphatic heterocycles. The highest BCUT2D eigenvalue weighted by Crippen LogP contribution is 2.23. The molecule has 0 fully saturated rings. The van der Waals surface area contributed by atoms with E-state index in [1.54, 1.807) is 10.8 Å². The lowest BCUT2D eigenvalue weighted by Crippen LogP contribution is -2.23. The maximum Gasteiger partial charge on any atom is 0.220 e. The summed E-state index contributed by atoms with van der Waals surface area (Å²) in [6.07, 6.45) is 3.85. The van der Waals surface area contributed by atoms with E-state index in [1.165, 1.54) is 18.6 Å². The van der Waals surface area contributed by atoms with Crippen molar-refractivity contribution in [3.63, 3.8) is 0 Å². The van der Waals surface area contributed by atoms with Gasteiger partial charge in [0.25, 0.3) is 0 Å². The molecule has 0 aromatic heterocycles. The fourth-order valence-corrected chi connectivity index (χ4v) is 3.33. The second-order valence-electron chi connectivity index (χ2n) is 5.86. The smallest absolute Gasteiger partial charge is 0.220 e. The molecule has 0 unspecified atom stereocenters. The first-order chi connectivity index (χ1) is 10.5. The zero-order valence-electron chi connectivity index (χ0n) is 14.4. The maximum atomic E-state index is 11.5. The first kappa shape index (κ1) is 24.9. The topological polar surface area (TPSA) is 38.3 Å². The van der Waals surface area contributed by atoms with Crippen LogP contribution in [0.4, 0.5) is 0 Å². The molecule has 0 aliphatic carbocycles.